The third-order valence-electron chi connectivity index (χ3n) is 2.17. The van der Waals surface area contributed by atoms with E-state index in [0.29, 0.717) is 24.4 Å². The number of methoxy groups -OCH3 is 1. The van der Waals surface area contributed by atoms with Gasteiger partial charge in [-0.3, -0.25) is 0 Å². The van der Waals surface area contributed by atoms with Crippen molar-refractivity contribution in [1.29, 1.82) is 0 Å². The fourth-order valence-corrected chi connectivity index (χ4v) is 3.63. The van der Waals surface area contributed by atoms with Crippen molar-refractivity contribution in [2.24, 2.45) is 0 Å². The van der Waals surface area contributed by atoms with Crippen LogP contribution in [0.25, 0.3) is 10.4 Å². The van der Waals surface area contributed by atoms with Crippen molar-refractivity contribution in [2.75, 3.05) is 7.11 Å². The molecular formula is C11H6BrCl2NO2S. The molecule has 0 bridgehead atoms. The SMILES string of the molecule is COC(=O)c1nc(Br)sc1-c1c(Cl)cccc1Cl. The molecule has 0 radical (unpaired) electrons. The third kappa shape index (κ3) is 2.54. The van der Waals surface area contributed by atoms with Crippen molar-refractivity contribution in [3.8, 4) is 10.4 Å². The third-order valence-corrected chi connectivity index (χ3v) is 4.32. The molecule has 7 heteroatoms. The van der Waals surface area contributed by atoms with Crippen LogP contribution in [0.2, 0.25) is 10.0 Å². The van der Waals surface area contributed by atoms with Gasteiger partial charge in [0.25, 0.3) is 0 Å². The van der Waals surface area contributed by atoms with Crippen molar-refractivity contribution >= 4 is 56.4 Å². The van der Waals surface area contributed by atoms with Gasteiger partial charge in [0.05, 0.1) is 22.0 Å². The van der Waals surface area contributed by atoms with Gasteiger partial charge in [-0.05, 0) is 28.1 Å². The zero-order chi connectivity index (χ0) is 13.3. The summed E-state index contributed by atoms with van der Waals surface area (Å²) in [4.78, 5) is 16.3. The lowest BCUT2D eigenvalue weighted by Gasteiger charge is -2.05. The predicted molar refractivity (Wildman–Crippen MR) is 76.6 cm³/mol. The summed E-state index contributed by atoms with van der Waals surface area (Å²) in [5.41, 5.74) is 0.786. The summed E-state index contributed by atoms with van der Waals surface area (Å²) in [7, 11) is 1.30. The molecule has 1 heterocycles. The second-order valence-corrected chi connectivity index (χ2v) is 6.32. The number of carbonyl (C=O) groups excluding carboxylic acids is 1. The van der Waals surface area contributed by atoms with Crippen LogP contribution in [0.15, 0.2) is 22.1 Å². The number of aromatic nitrogens is 1. The van der Waals surface area contributed by atoms with Crippen LogP contribution in [-0.2, 0) is 4.74 Å². The molecule has 0 spiro atoms. The molecule has 94 valence electrons. The van der Waals surface area contributed by atoms with Gasteiger partial charge in [0, 0.05) is 5.56 Å². The number of hydrogen-bond acceptors (Lipinski definition) is 4. The summed E-state index contributed by atoms with van der Waals surface area (Å²) in [5, 5.41) is 0.924. The first kappa shape index (κ1) is 13.8. The minimum atomic E-state index is -0.525. The van der Waals surface area contributed by atoms with E-state index in [1.54, 1.807) is 18.2 Å². The highest BCUT2D eigenvalue weighted by atomic mass is 79.9. The van der Waals surface area contributed by atoms with E-state index in [4.69, 9.17) is 23.2 Å². The number of esters is 1. The fourth-order valence-electron chi connectivity index (χ4n) is 1.41. The summed E-state index contributed by atoms with van der Waals surface area (Å²) in [6, 6.07) is 5.15. The maximum absolute atomic E-state index is 11.7. The van der Waals surface area contributed by atoms with E-state index in [9.17, 15) is 4.79 Å². The zero-order valence-corrected chi connectivity index (χ0v) is 13.0. The smallest absolute Gasteiger partial charge is 0.358 e. The Hall–Kier alpha value is -0.620. The van der Waals surface area contributed by atoms with Crippen LogP contribution in [0, 0.1) is 0 Å². The molecule has 1 aromatic carbocycles. The van der Waals surface area contributed by atoms with Crippen LogP contribution < -0.4 is 0 Å². The minimum absolute atomic E-state index is 0.198. The first-order valence-electron chi connectivity index (χ1n) is 4.73. The van der Waals surface area contributed by atoms with Crippen molar-refractivity contribution in [2.45, 2.75) is 0 Å². The van der Waals surface area contributed by atoms with Gasteiger partial charge < -0.3 is 4.74 Å². The van der Waals surface area contributed by atoms with E-state index in [0.717, 1.165) is 0 Å². The van der Waals surface area contributed by atoms with Gasteiger partial charge in [-0.25, -0.2) is 9.78 Å². The Morgan fingerprint density at radius 1 is 1.39 bits per heavy atom. The van der Waals surface area contributed by atoms with E-state index >= 15 is 0 Å². The molecular weight excluding hydrogens is 361 g/mol. The van der Waals surface area contributed by atoms with Crippen molar-refractivity contribution in [3.63, 3.8) is 0 Å². The quantitative estimate of drug-likeness (QED) is 0.725. The highest BCUT2D eigenvalue weighted by molar-refractivity contribution is 9.11. The van der Waals surface area contributed by atoms with Crippen molar-refractivity contribution < 1.29 is 9.53 Å². The molecule has 2 rings (SSSR count). The van der Waals surface area contributed by atoms with E-state index in [-0.39, 0.29) is 5.69 Å². The Bertz CT molecular complexity index is 595. The van der Waals surface area contributed by atoms with Gasteiger partial charge >= 0.3 is 5.97 Å². The first-order chi connectivity index (χ1) is 8.54. The number of nitrogens with zero attached hydrogens (tertiary/aromatic N) is 1. The Morgan fingerprint density at radius 2 is 2.00 bits per heavy atom. The average molecular weight is 367 g/mol. The Kier molecular flexibility index (Phi) is 4.27. The molecule has 0 N–H and O–H groups in total. The maximum Gasteiger partial charge on any atom is 0.358 e. The lowest BCUT2D eigenvalue weighted by atomic mass is 10.1. The summed E-state index contributed by atoms with van der Waals surface area (Å²) < 4.78 is 5.25. The molecule has 0 saturated heterocycles. The van der Waals surface area contributed by atoms with Gasteiger partial charge in [-0.2, -0.15) is 0 Å². The summed E-state index contributed by atoms with van der Waals surface area (Å²) in [6.07, 6.45) is 0. The molecule has 0 amide bonds. The lowest BCUT2D eigenvalue weighted by Crippen LogP contribution is -2.03. The van der Waals surface area contributed by atoms with Gasteiger partial charge in [0.15, 0.2) is 9.61 Å². The number of benzene rings is 1. The molecule has 0 unspecified atom stereocenters. The van der Waals surface area contributed by atoms with Crippen LogP contribution in [0.5, 0.6) is 0 Å². The van der Waals surface area contributed by atoms with Crippen molar-refractivity contribution in [1.82, 2.24) is 4.98 Å². The Balaban J connectivity index is 2.68. The number of ether oxygens (including phenoxy) is 1. The van der Waals surface area contributed by atoms with Gasteiger partial charge in [0.2, 0.25) is 0 Å². The monoisotopic (exact) mass is 365 g/mol. The lowest BCUT2D eigenvalue weighted by molar-refractivity contribution is 0.0595. The predicted octanol–water partition coefficient (Wildman–Crippen LogP) is 4.67. The van der Waals surface area contributed by atoms with Gasteiger partial charge in [-0.15, -0.1) is 11.3 Å². The van der Waals surface area contributed by atoms with Crippen LogP contribution in [0.3, 0.4) is 0 Å². The number of thiazole rings is 1. The molecule has 18 heavy (non-hydrogen) atoms. The topological polar surface area (TPSA) is 39.2 Å². The van der Waals surface area contributed by atoms with Crippen LogP contribution in [0.1, 0.15) is 10.5 Å². The molecule has 3 nitrogen and oxygen atoms in total. The highest BCUT2D eigenvalue weighted by Crippen LogP contribution is 2.41. The number of rotatable bonds is 2. The molecule has 2 aromatic rings. The summed E-state index contributed by atoms with van der Waals surface area (Å²) >= 11 is 16.8. The zero-order valence-electron chi connectivity index (χ0n) is 9.04. The summed E-state index contributed by atoms with van der Waals surface area (Å²) in [6.45, 7) is 0. The van der Waals surface area contributed by atoms with Crippen molar-refractivity contribution in [3.05, 3.63) is 37.9 Å². The first-order valence-corrected chi connectivity index (χ1v) is 7.10. The van der Waals surface area contributed by atoms with E-state index in [1.165, 1.54) is 18.4 Å². The molecule has 0 aliphatic rings. The number of hydrogen-bond donors (Lipinski definition) is 0. The number of halogens is 3. The minimum Gasteiger partial charge on any atom is -0.464 e. The molecule has 1 aromatic heterocycles. The van der Waals surface area contributed by atoms with Gasteiger partial charge in [0.1, 0.15) is 0 Å². The van der Waals surface area contributed by atoms with Crippen LogP contribution >= 0.6 is 50.5 Å². The Labute approximate surface area is 126 Å². The summed E-state index contributed by atoms with van der Waals surface area (Å²) in [5.74, 6) is -0.525. The molecule has 0 aliphatic carbocycles. The Morgan fingerprint density at radius 3 is 2.56 bits per heavy atom. The molecule has 0 fully saturated rings. The van der Waals surface area contributed by atoms with E-state index in [2.05, 4.69) is 25.7 Å². The van der Waals surface area contributed by atoms with Crippen LogP contribution in [0.4, 0.5) is 0 Å². The largest absolute Gasteiger partial charge is 0.464 e. The average Bonchev–Trinajstić information content (AvgIpc) is 2.70. The highest BCUT2D eigenvalue weighted by Gasteiger charge is 2.22. The fraction of sp³-hybridized carbons (Fsp3) is 0.0909. The normalized spacial score (nSPS) is 10.4. The maximum atomic E-state index is 11.7. The second-order valence-electron chi connectivity index (χ2n) is 3.23. The van der Waals surface area contributed by atoms with Crippen LogP contribution in [-0.4, -0.2) is 18.1 Å². The van der Waals surface area contributed by atoms with E-state index in [1.807, 2.05) is 0 Å². The molecule has 0 saturated carbocycles. The molecule has 0 atom stereocenters. The number of carbonyl (C=O) groups is 1. The van der Waals surface area contributed by atoms with E-state index < -0.39 is 5.97 Å². The standard InChI is InChI=1S/C11H6BrCl2NO2S/c1-17-10(16)8-9(18-11(12)15-8)7-5(13)3-2-4-6(7)14/h2-4H,1H3. The van der Waals surface area contributed by atoms with Gasteiger partial charge in [-0.1, -0.05) is 29.3 Å². The molecule has 0 aliphatic heterocycles. The second kappa shape index (κ2) is 5.57.